The first-order valence-electron chi connectivity index (χ1n) is 6.66. The van der Waals surface area contributed by atoms with Crippen LogP contribution in [0.25, 0.3) is 10.9 Å². The first kappa shape index (κ1) is 13.3. The van der Waals surface area contributed by atoms with Crippen LogP contribution in [0.2, 0.25) is 0 Å². The summed E-state index contributed by atoms with van der Waals surface area (Å²) in [6, 6.07) is 16.6. The molecule has 102 valence electrons. The molecule has 3 aromatic rings. The number of fused-ring (bicyclic) bond motifs is 1. The molecule has 2 nitrogen and oxygen atoms in total. The van der Waals surface area contributed by atoms with Crippen molar-refractivity contribution in [3.05, 3.63) is 64.8 Å². The number of halogens is 1. The number of hydrogen-bond donors (Lipinski definition) is 0. The maximum atomic E-state index is 5.79. The van der Waals surface area contributed by atoms with Crippen LogP contribution in [0.4, 0.5) is 0 Å². The monoisotopic (exact) mass is 329 g/mol. The molecule has 0 saturated heterocycles. The van der Waals surface area contributed by atoms with Gasteiger partial charge in [0.1, 0.15) is 12.4 Å². The predicted octanol–water partition coefficient (Wildman–Crippen LogP) is 4.79. The predicted molar refractivity (Wildman–Crippen MR) is 86.3 cm³/mol. The molecule has 0 bridgehead atoms. The number of nitrogens with zero attached hydrogens (tertiary/aromatic N) is 1. The van der Waals surface area contributed by atoms with E-state index < -0.39 is 0 Å². The molecule has 0 N–H and O–H groups in total. The van der Waals surface area contributed by atoms with Crippen LogP contribution in [-0.4, -0.2) is 11.2 Å². The van der Waals surface area contributed by atoms with Gasteiger partial charge in [-0.15, -0.1) is 0 Å². The van der Waals surface area contributed by atoms with Gasteiger partial charge in [-0.3, -0.25) is 0 Å². The fourth-order valence-electron chi connectivity index (χ4n) is 2.31. The highest BCUT2D eigenvalue weighted by atomic mass is 79.9. The summed E-state index contributed by atoms with van der Waals surface area (Å²) < 4.78 is 9.06. The molecule has 20 heavy (non-hydrogen) atoms. The van der Waals surface area contributed by atoms with Gasteiger partial charge >= 0.3 is 0 Å². The molecule has 0 atom stereocenters. The zero-order chi connectivity index (χ0) is 13.9. The van der Waals surface area contributed by atoms with Gasteiger partial charge in [0.25, 0.3) is 0 Å². The Balaban J connectivity index is 1.69. The molecular formula is C17H16BrNO. The first-order valence-corrected chi connectivity index (χ1v) is 7.45. The van der Waals surface area contributed by atoms with Crippen molar-refractivity contribution in [1.82, 2.24) is 4.57 Å². The lowest BCUT2D eigenvalue weighted by molar-refractivity contribution is 0.300. The molecule has 0 aliphatic carbocycles. The summed E-state index contributed by atoms with van der Waals surface area (Å²) in [6.45, 7) is 3.63. The molecule has 0 fully saturated rings. The molecule has 3 rings (SSSR count). The van der Waals surface area contributed by atoms with Crippen molar-refractivity contribution < 1.29 is 4.74 Å². The van der Waals surface area contributed by atoms with Crippen molar-refractivity contribution >= 4 is 26.8 Å². The van der Waals surface area contributed by atoms with Gasteiger partial charge in [-0.2, -0.15) is 0 Å². The van der Waals surface area contributed by atoms with Gasteiger partial charge in [-0.05, 0) is 48.2 Å². The molecule has 1 heterocycles. The second-order valence-corrected chi connectivity index (χ2v) is 5.79. The van der Waals surface area contributed by atoms with E-state index in [2.05, 4.69) is 57.9 Å². The summed E-state index contributed by atoms with van der Waals surface area (Å²) in [5.41, 5.74) is 2.55. The van der Waals surface area contributed by atoms with E-state index in [-0.39, 0.29) is 0 Å². The Morgan fingerprint density at radius 1 is 1.10 bits per heavy atom. The van der Waals surface area contributed by atoms with Crippen LogP contribution in [0.5, 0.6) is 5.75 Å². The summed E-state index contributed by atoms with van der Waals surface area (Å²) in [6.07, 6.45) is 2.12. The number of hydrogen-bond acceptors (Lipinski definition) is 1. The van der Waals surface area contributed by atoms with E-state index >= 15 is 0 Å². The summed E-state index contributed by atoms with van der Waals surface area (Å²) in [5, 5.41) is 1.28. The van der Waals surface area contributed by atoms with E-state index in [1.54, 1.807) is 0 Å². The molecular weight excluding hydrogens is 314 g/mol. The van der Waals surface area contributed by atoms with Gasteiger partial charge in [-0.25, -0.2) is 0 Å². The second-order valence-electron chi connectivity index (χ2n) is 4.88. The minimum atomic E-state index is 0.661. The Morgan fingerprint density at radius 3 is 2.85 bits per heavy atom. The number of ether oxygens (including phenoxy) is 1. The average molecular weight is 330 g/mol. The topological polar surface area (TPSA) is 14.2 Å². The quantitative estimate of drug-likeness (QED) is 0.671. The molecule has 0 aliphatic heterocycles. The molecule has 0 spiro atoms. The highest BCUT2D eigenvalue weighted by molar-refractivity contribution is 9.10. The lowest BCUT2D eigenvalue weighted by Gasteiger charge is -2.09. The Labute approximate surface area is 127 Å². The van der Waals surface area contributed by atoms with E-state index in [1.165, 1.54) is 16.5 Å². The summed E-state index contributed by atoms with van der Waals surface area (Å²) in [5.74, 6) is 0.895. The minimum Gasteiger partial charge on any atom is -0.492 e. The molecule has 0 amide bonds. The van der Waals surface area contributed by atoms with Gasteiger partial charge in [0, 0.05) is 16.2 Å². The third-order valence-corrected chi connectivity index (χ3v) is 3.82. The molecule has 0 unspecified atom stereocenters. The van der Waals surface area contributed by atoms with Gasteiger partial charge in [0.15, 0.2) is 0 Å². The van der Waals surface area contributed by atoms with Crippen LogP contribution in [0.1, 0.15) is 5.56 Å². The lowest BCUT2D eigenvalue weighted by atomic mass is 10.2. The maximum Gasteiger partial charge on any atom is 0.120 e. The Kier molecular flexibility index (Phi) is 3.79. The van der Waals surface area contributed by atoms with E-state index in [1.807, 2.05) is 24.3 Å². The molecule has 3 heteroatoms. The summed E-state index contributed by atoms with van der Waals surface area (Å²) in [7, 11) is 0. The fraction of sp³-hybridized carbons (Fsp3) is 0.176. The first-order chi connectivity index (χ1) is 9.72. The second kappa shape index (κ2) is 5.71. The van der Waals surface area contributed by atoms with E-state index in [0.29, 0.717) is 6.61 Å². The van der Waals surface area contributed by atoms with E-state index in [4.69, 9.17) is 4.74 Å². The number of benzene rings is 2. The average Bonchev–Trinajstić information content (AvgIpc) is 2.82. The smallest absolute Gasteiger partial charge is 0.120 e. The van der Waals surface area contributed by atoms with Crippen molar-refractivity contribution in [1.29, 1.82) is 0 Å². The maximum absolute atomic E-state index is 5.79. The van der Waals surface area contributed by atoms with Crippen LogP contribution in [0.15, 0.2) is 59.2 Å². The third-order valence-electron chi connectivity index (χ3n) is 3.33. The summed E-state index contributed by atoms with van der Waals surface area (Å²) in [4.78, 5) is 0. The Morgan fingerprint density at radius 2 is 2.00 bits per heavy atom. The van der Waals surface area contributed by atoms with Crippen molar-refractivity contribution in [2.24, 2.45) is 0 Å². The zero-order valence-electron chi connectivity index (χ0n) is 11.3. The van der Waals surface area contributed by atoms with Crippen LogP contribution in [0, 0.1) is 6.92 Å². The van der Waals surface area contributed by atoms with Gasteiger partial charge < -0.3 is 9.30 Å². The Hall–Kier alpha value is -1.74. The molecule has 0 saturated carbocycles. The van der Waals surface area contributed by atoms with Crippen LogP contribution < -0.4 is 4.74 Å². The third kappa shape index (κ3) is 2.88. The van der Waals surface area contributed by atoms with Crippen LogP contribution in [0.3, 0.4) is 0 Å². The Bertz CT molecular complexity index is 733. The van der Waals surface area contributed by atoms with E-state index in [9.17, 15) is 0 Å². The number of aryl methyl sites for hydroxylation is 1. The van der Waals surface area contributed by atoms with Gasteiger partial charge in [-0.1, -0.05) is 34.1 Å². The molecule has 0 radical (unpaired) electrons. The highest BCUT2D eigenvalue weighted by Gasteiger charge is 2.01. The standard InChI is InChI=1S/C17H16BrNO/c1-13-5-6-14-7-8-19(17(14)11-13)9-10-20-16-4-2-3-15(18)12-16/h2-8,11-12H,9-10H2,1H3. The SMILES string of the molecule is Cc1ccc2ccn(CCOc3cccc(Br)c3)c2c1. The normalized spacial score (nSPS) is 10.9. The number of aromatic nitrogens is 1. The van der Waals surface area contributed by atoms with E-state index in [0.717, 1.165) is 16.8 Å². The van der Waals surface area contributed by atoms with Crippen molar-refractivity contribution in [2.45, 2.75) is 13.5 Å². The van der Waals surface area contributed by atoms with Crippen molar-refractivity contribution in [3.8, 4) is 5.75 Å². The molecule has 0 aliphatic rings. The molecule has 2 aromatic carbocycles. The minimum absolute atomic E-state index is 0.661. The van der Waals surface area contributed by atoms with Crippen molar-refractivity contribution in [3.63, 3.8) is 0 Å². The fourth-order valence-corrected chi connectivity index (χ4v) is 2.69. The lowest BCUT2D eigenvalue weighted by Crippen LogP contribution is -2.07. The molecule has 1 aromatic heterocycles. The zero-order valence-corrected chi connectivity index (χ0v) is 12.9. The van der Waals surface area contributed by atoms with Crippen LogP contribution >= 0.6 is 15.9 Å². The van der Waals surface area contributed by atoms with Crippen molar-refractivity contribution in [2.75, 3.05) is 6.61 Å². The summed E-state index contributed by atoms with van der Waals surface area (Å²) >= 11 is 3.45. The largest absolute Gasteiger partial charge is 0.492 e. The van der Waals surface area contributed by atoms with Crippen LogP contribution in [-0.2, 0) is 6.54 Å². The number of rotatable bonds is 4. The van der Waals surface area contributed by atoms with Gasteiger partial charge in [0.05, 0.1) is 6.54 Å². The van der Waals surface area contributed by atoms with Gasteiger partial charge in [0.2, 0.25) is 0 Å². The highest BCUT2D eigenvalue weighted by Crippen LogP contribution is 2.19.